The van der Waals surface area contributed by atoms with Gasteiger partial charge in [0.25, 0.3) is 11.8 Å². The molecule has 2 aliphatic rings. The molecule has 1 aromatic heterocycles. The highest BCUT2D eigenvalue weighted by Crippen LogP contribution is 2.33. The van der Waals surface area contributed by atoms with Gasteiger partial charge in [0, 0.05) is 30.0 Å². The Morgan fingerprint density at radius 3 is 2.69 bits per heavy atom. The summed E-state index contributed by atoms with van der Waals surface area (Å²) >= 11 is 0. The van der Waals surface area contributed by atoms with Crippen molar-refractivity contribution in [2.75, 3.05) is 18.0 Å². The second kappa shape index (κ2) is 6.80. The lowest BCUT2D eigenvalue weighted by Gasteiger charge is -2.40. The molecule has 2 aromatic rings. The lowest BCUT2D eigenvalue weighted by atomic mass is 10.0. The molecule has 2 saturated heterocycles. The fraction of sp³-hybridized carbons (Fsp3) is 0.421. The summed E-state index contributed by atoms with van der Waals surface area (Å²) in [6, 6.07) is 4.80. The number of hydroxylamine groups is 2. The van der Waals surface area contributed by atoms with Gasteiger partial charge in [-0.05, 0) is 24.6 Å². The predicted octanol–water partition coefficient (Wildman–Crippen LogP) is 1.50. The van der Waals surface area contributed by atoms with Crippen molar-refractivity contribution < 1.29 is 32.7 Å². The average molecular weight is 408 g/mol. The van der Waals surface area contributed by atoms with E-state index >= 15 is 0 Å². The topological polar surface area (TPSA) is 100 Å². The van der Waals surface area contributed by atoms with Gasteiger partial charge in [0.2, 0.25) is 0 Å². The molecule has 1 amide bonds. The molecule has 0 aliphatic carbocycles. The molecule has 0 radical (unpaired) electrons. The van der Waals surface area contributed by atoms with Gasteiger partial charge in [-0.15, -0.1) is 5.06 Å². The Kier molecular flexibility index (Phi) is 4.53. The SMILES string of the molecule is Cc1c(CC(=O)ON2C(=O)CCC2O)c(=O)oc2cc(N3CC(F)(F)C3)ccc12. The number of benzene rings is 1. The Bertz CT molecular complexity index is 1060. The van der Waals surface area contributed by atoms with E-state index in [0.717, 1.165) is 0 Å². The number of hydrogen-bond donors (Lipinski definition) is 1. The van der Waals surface area contributed by atoms with E-state index in [4.69, 9.17) is 9.25 Å². The second-order valence-electron chi connectivity index (χ2n) is 7.26. The monoisotopic (exact) mass is 408 g/mol. The van der Waals surface area contributed by atoms with E-state index in [1.165, 1.54) is 11.0 Å². The van der Waals surface area contributed by atoms with Crippen molar-refractivity contribution in [2.24, 2.45) is 0 Å². The number of rotatable bonds is 4. The summed E-state index contributed by atoms with van der Waals surface area (Å²) in [7, 11) is 0. The standard InChI is InChI=1S/C19H18F2N2O6/c1-10-12-3-2-11(22-8-19(20,21)9-22)6-14(12)28-18(27)13(10)7-17(26)29-23-15(24)4-5-16(23)25/h2-3,6,15,24H,4-5,7-9H2,1H3. The third kappa shape index (κ3) is 3.55. The van der Waals surface area contributed by atoms with Crippen LogP contribution in [0.4, 0.5) is 14.5 Å². The minimum atomic E-state index is -2.72. The largest absolute Gasteiger partial charge is 0.422 e. The van der Waals surface area contributed by atoms with Crippen molar-refractivity contribution in [3.05, 3.63) is 39.7 Å². The average Bonchev–Trinajstić information content (AvgIpc) is 2.94. The van der Waals surface area contributed by atoms with Crippen LogP contribution in [0.3, 0.4) is 0 Å². The summed E-state index contributed by atoms with van der Waals surface area (Å²) < 4.78 is 31.5. The predicted molar refractivity (Wildman–Crippen MR) is 96.3 cm³/mol. The molecule has 154 valence electrons. The fourth-order valence-electron chi connectivity index (χ4n) is 3.52. The molecule has 2 fully saturated rings. The molecule has 4 rings (SSSR count). The molecular weight excluding hydrogens is 390 g/mol. The number of nitrogens with zero attached hydrogens (tertiary/aromatic N) is 2. The maximum atomic E-state index is 13.1. The Balaban J connectivity index is 1.56. The van der Waals surface area contributed by atoms with E-state index < -0.39 is 49.2 Å². The number of aliphatic hydroxyl groups excluding tert-OH is 1. The van der Waals surface area contributed by atoms with Crippen molar-refractivity contribution in [3.63, 3.8) is 0 Å². The molecule has 3 heterocycles. The van der Waals surface area contributed by atoms with Crippen molar-refractivity contribution in [3.8, 4) is 0 Å². The van der Waals surface area contributed by atoms with E-state index in [1.807, 2.05) is 0 Å². The van der Waals surface area contributed by atoms with Gasteiger partial charge in [-0.25, -0.2) is 18.4 Å². The van der Waals surface area contributed by atoms with Gasteiger partial charge >= 0.3 is 11.6 Å². The van der Waals surface area contributed by atoms with Crippen LogP contribution >= 0.6 is 0 Å². The first-order chi connectivity index (χ1) is 13.6. The van der Waals surface area contributed by atoms with Gasteiger partial charge in [-0.2, -0.15) is 0 Å². The van der Waals surface area contributed by atoms with Crippen LogP contribution in [0.1, 0.15) is 24.0 Å². The molecule has 29 heavy (non-hydrogen) atoms. The van der Waals surface area contributed by atoms with Crippen LogP contribution in [0, 0.1) is 6.92 Å². The van der Waals surface area contributed by atoms with Crippen LogP contribution in [0.25, 0.3) is 11.0 Å². The number of carbonyl (C=O) groups is 2. The molecule has 0 bridgehead atoms. The number of halogens is 2. The van der Waals surface area contributed by atoms with Crippen LogP contribution in [0.5, 0.6) is 0 Å². The zero-order valence-electron chi connectivity index (χ0n) is 15.5. The Morgan fingerprint density at radius 1 is 1.34 bits per heavy atom. The quantitative estimate of drug-likeness (QED) is 0.766. The van der Waals surface area contributed by atoms with Crippen LogP contribution in [-0.4, -0.2) is 47.3 Å². The summed E-state index contributed by atoms with van der Waals surface area (Å²) in [6.07, 6.45) is -1.42. The number of fused-ring (bicyclic) bond motifs is 1. The highest BCUT2D eigenvalue weighted by atomic mass is 19.3. The molecule has 8 nitrogen and oxygen atoms in total. The fourth-order valence-corrected chi connectivity index (χ4v) is 3.52. The van der Waals surface area contributed by atoms with Gasteiger partial charge < -0.3 is 19.3 Å². The number of hydrogen-bond acceptors (Lipinski definition) is 7. The van der Waals surface area contributed by atoms with Gasteiger partial charge in [-0.1, -0.05) is 0 Å². The number of carbonyl (C=O) groups excluding carboxylic acids is 2. The van der Waals surface area contributed by atoms with E-state index in [0.29, 0.717) is 21.7 Å². The van der Waals surface area contributed by atoms with Gasteiger partial charge in [0.15, 0.2) is 6.23 Å². The van der Waals surface area contributed by atoms with E-state index in [-0.39, 0.29) is 24.0 Å². The van der Waals surface area contributed by atoms with Crippen LogP contribution < -0.4 is 10.5 Å². The van der Waals surface area contributed by atoms with Crippen molar-refractivity contribution in [2.45, 2.75) is 38.3 Å². The van der Waals surface area contributed by atoms with Crippen molar-refractivity contribution >= 4 is 28.5 Å². The number of anilines is 1. The molecule has 2 aliphatic heterocycles. The summed E-state index contributed by atoms with van der Waals surface area (Å²) in [5.41, 5.74) is 0.530. The van der Waals surface area contributed by atoms with Crippen molar-refractivity contribution in [1.29, 1.82) is 0 Å². The first-order valence-corrected chi connectivity index (χ1v) is 9.05. The van der Waals surface area contributed by atoms with Crippen LogP contribution in [0.2, 0.25) is 0 Å². The third-order valence-corrected chi connectivity index (χ3v) is 5.13. The minimum Gasteiger partial charge on any atom is -0.422 e. The number of alkyl halides is 2. The lowest BCUT2D eigenvalue weighted by Crippen LogP contribution is -2.56. The number of aliphatic hydroxyl groups is 1. The van der Waals surface area contributed by atoms with E-state index in [2.05, 4.69) is 0 Å². The van der Waals surface area contributed by atoms with Gasteiger partial charge in [0.1, 0.15) is 5.58 Å². The summed E-state index contributed by atoms with van der Waals surface area (Å²) in [4.78, 5) is 42.5. The maximum Gasteiger partial charge on any atom is 0.340 e. The van der Waals surface area contributed by atoms with Gasteiger partial charge in [-0.3, -0.25) is 4.79 Å². The highest BCUT2D eigenvalue weighted by Gasteiger charge is 2.44. The molecule has 0 spiro atoms. The second-order valence-corrected chi connectivity index (χ2v) is 7.26. The van der Waals surface area contributed by atoms with Crippen LogP contribution in [0.15, 0.2) is 27.4 Å². The third-order valence-electron chi connectivity index (χ3n) is 5.13. The summed E-state index contributed by atoms with van der Waals surface area (Å²) in [5, 5.41) is 10.8. The highest BCUT2D eigenvalue weighted by molar-refractivity contribution is 5.86. The molecule has 1 N–H and O–H groups in total. The van der Waals surface area contributed by atoms with Crippen LogP contribution in [-0.2, 0) is 20.8 Å². The Labute approximate surface area is 163 Å². The maximum absolute atomic E-state index is 13.1. The zero-order chi connectivity index (χ0) is 20.9. The van der Waals surface area contributed by atoms with Crippen molar-refractivity contribution in [1.82, 2.24) is 5.06 Å². The zero-order valence-corrected chi connectivity index (χ0v) is 15.5. The molecule has 1 aromatic carbocycles. The normalized spacial score (nSPS) is 20.8. The molecule has 1 atom stereocenters. The van der Waals surface area contributed by atoms with Gasteiger partial charge in [0.05, 0.1) is 25.1 Å². The van der Waals surface area contributed by atoms with E-state index in [9.17, 15) is 28.3 Å². The lowest BCUT2D eigenvalue weighted by molar-refractivity contribution is -0.220. The smallest absolute Gasteiger partial charge is 0.340 e. The Morgan fingerprint density at radius 2 is 2.07 bits per heavy atom. The summed E-state index contributed by atoms with van der Waals surface area (Å²) in [6.45, 7) is 0.842. The molecule has 10 heteroatoms. The molecule has 1 unspecified atom stereocenters. The Hall–Kier alpha value is -3.01. The molecule has 0 saturated carbocycles. The molecular formula is C19H18F2N2O6. The minimum absolute atomic E-state index is 0.0619. The first kappa shape index (κ1) is 19.3. The number of aryl methyl sites for hydroxylation is 1. The number of amides is 1. The summed E-state index contributed by atoms with van der Waals surface area (Å²) in [5.74, 6) is -4.12. The van der Waals surface area contributed by atoms with E-state index in [1.54, 1.807) is 19.1 Å². The first-order valence-electron chi connectivity index (χ1n) is 9.05.